The number of ketones is 1. The van der Waals surface area contributed by atoms with Crippen LogP contribution in [0.25, 0.3) is 0 Å². The van der Waals surface area contributed by atoms with Gasteiger partial charge in [0.2, 0.25) is 0 Å². The number of rotatable bonds is 4. The Bertz CT molecular complexity index is 447. The number of carbonyl (C=O) groups is 1. The van der Waals surface area contributed by atoms with Gasteiger partial charge in [0.1, 0.15) is 11.4 Å². The lowest BCUT2D eigenvalue weighted by Gasteiger charge is -2.14. The van der Waals surface area contributed by atoms with E-state index in [9.17, 15) is 13.6 Å². The molecule has 0 bridgehead atoms. The third-order valence-electron chi connectivity index (χ3n) is 2.21. The van der Waals surface area contributed by atoms with Crippen LogP contribution in [0.4, 0.5) is 8.78 Å². The standard InChI is InChI=1S/C11H13F2NO3/c1-5(14)9(15)8-6(12)4-7(13)10(16-2)11(8)17-3/h4-5H,14H2,1-3H3. The third-order valence-corrected chi connectivity index (χ3v) is 2.21. The van der Waals surface area contributed by atoms with Gasteiger partial charge in [-0.15, -0.1) is 0 Å². The highest BCUT2D eigenvalue weighted by Crippen LogP contribution is 2.36. The zero-order chi connectivity index (χ0) is 13.2. The molecule has 1 aromatic rings. The number of nitrogens with two attached hydrogens (primary N) is 1. The van der Waals surface area contributed by atoms with Crippen LogP contribution >= 0.6 is 0 Å². The van der Waals surface area contributed by atoms with Crippen molar-refractivity contribution in [3.05, 3.63) is 23.3 Å². The Kier molecular flexibility index (Phi) is 4.01. The summed E-state index contributed by atoms with van der Waals surface area (Å²) in [6, 6.07) is -0.356. The maximum Gasteiger partial charge on any atom is 0.197 e. The fraction of sp³-hybridized carbons (Fsp3) is 0.364. The highest BCUT2D eigenvalue weighted by Gasteiger charge is 2.26. The Morgan fingerprint density at radius 1 is 1.24 bits per heavy atom. The summed E-state index contributed by atoms with van der Waals surface area (Å²) in [7, 11) is 2.38. The van der Waals surface area contributed by atoms with E-state index in [1.807, 2.05) is 0 Å². The van der Waals surface area contributed by atoms with Gasteiger partial charge in [0, 0.05) is 6.07 Å². The molecule has 94 valence electrons. The van der Waals surface area contributed by atoms with E-state index >= 15 is 0 Å². The van der Waals surface area contributed by atoms with E-state index in [0.717, 1.165) is 0 Å². The van der Waals surface area contributed by atoms with Crippen molar-refractivity contribution in [2.24, 2.45) is 5.73 Å². The van der Waals surface area contributed by atoms with E-state index in [4.69, 9.17) is 15.2 Å². The lowest BCUT2D eigenvalue weighted by Crippen LogP contribution is -2.28. The molecule has 1 rings (SSSR count). The normalized spacial score (nSPS) is 12.1. The molecule has 0 spiro atoms. The Labute approximate surface area is 97.3 Å². The first-order valence-electron chi connectivity index (χ1n) is 4.83. The minimum Gasteiger partial charge on any atom is -0.492 e. The van der Waals surface area contributed by atoms with Gasteiger partial charge >= 0.3 is 0 Å². The molecule has 2 N–H and O–H groups in total. The number of ether oxygens (including phenoxy) is 2. The van der Waals surface area contributed by atoms with Crippen molar-refractivity contribution in [2.75, 3.05) is 14.2 Å². The van der Waals surface area contributed by atoms with E-state index < -0.39 is 29.0 Å². The van der Waals surface area contributed by atoms with Gasteiger partial charge in [0.15, 0.2) is 23.1 Å². The van der Waals surface area contributed by atoms with Crippen LogP contribution in [0.1, 0.15) is 17.3 Å². The molecule has 0 aliphatic rings. The van der Waals surface area contributed by atoms with Gasteiger partial charge in [-0.25, -0.2) is 8.78 Å². The maximum absolute atomic E-state index is 13.6. The average Bonchev–Trinajstić information content (AvgIpc) is 2.27. The highest BCUT2D eigenvalue weighted by atomic mass is 19.1. The monoisotopic (exact) mass is 245 g/mol. The zero-order valence-electron chi connectivity index (χ0n) is 9.71. The first kappa shape index (κ1) is 13.4. The average molecular weight is 245 g/mol. The molecule has 0 aromatic heterocycles. The summed E-state index contributed by atoms with van der Waals surface area (Å²) in [4.78, 5) is 11.7. The SMILES string of the molecule is COc1c(F)cc(F)c(C(=O)C(C)N)c1OC. The molecule has 6 heteroatoms. The Morgan fingerprint density at radius 2 is 1.76 bits per heavy atom. The number of hydrogen-bond acceptors (Lipinski definition) is 4. The first-order chi connectivity index (χ1) is 7.93. The van der Waals surface area contributed by atoms with Gasteiger partial charge in [-0.3, -0.25) is 4.79 Å². The van der Waals surface area contributed by atoms with Gasteiger partial charge in [-0.05, 0) is 6.92 Å². The first-order valence-corrected chi connectivity index (χ1v) is 4.83. The Morgan fingerprint density at radius 3 is 2.18 bits per heavy atom. The summed E-state index contributed by atoms with van der Waals surface area (Å²) in [6.07, 6.45) is 0. The van der Waals surface area contributed by atoms with Gasteiger partial charge in [-0.1, -0.05) is 0 Å². The van der Waals surface area contributed by atoms with Crippen LogP contribution in [-0.4, -0.2) is 26.0 Å². The Balaban J connectivity index is 3.53. The van der Waals surface area contributed by atoms with Crippen molar-refractivity contribution < 1.29 is 23.0 Å². The molecular formula is C11H13F2NO3. The van der Waals surface area contributed by atoms with Gasteiger partial charge in [0.05, 0.1) is 20.3 Å². The van der Waals surface area contributed by atoms with Crippen molar-refractivity contribution in [1.29, 1.82) is 0 Å². The van der Waals surface area contributed by atoms with Crippen LogP contribution in [0.3, 0.4) is 0 Å². The smallest absolute Gasteiger partial charge is 0.197 e. The lowest BCUT2D eigenvalue weighted by atomic mass is 10.0. The fourth-order valence-electron chi connectivity index (χ4n) is 1.42. The summed E-state index contributed by atoms with van der Waals surface area (Å²) in [5.74, 6) is -3.26. The maximum atomic E-state index is 13.6. The summed E-state index contributed by atoms with van der Waals surface area (Å²) in [5.41, 5.74) is 4.98. The van der Waals surface area contributed by atoms with Crippen molar-refractivity contribution in [3.8, 4) is 11.5 Å². The molecule has 0 saturated carbocycles. The quantitative estimate of drug-likeness (QED) is 0.817. The highest BCUT2D eigenvalue weighted by molar-refractivity contribution is 6.03. The van der Waals surface area contributed by atoms with Gasteiger partial charge in [-0.2, -0.15) is 0 Å². The van der Waals surface area contributed by atoms with Crippen LogP contribution in [0.5, 0.6) is 11.5 Å². The summed E-state index contributed by atoms with van der Waals surface area (Å²) < 4.78 is 36.5. The van der Waals surface area contributed by atoms with Gasteiger partial charge < -0.3 is 15.2 Å². The zero-order valence-corrected chi connectivity index (χ0v) is 9.71. The van der Waals surface area contributed by atoms with E-state index in [-0.39, 0.29) is 11.5 Å². The van der Waals surface area contributed by atoms with Crippen LogP contribution in [-0.2, 0) is 0 Å². The minimum atomic E-state index is -1.03. The molecule has 0 heterocycles. The van der Waals surface area contributed by atoms with Crippen molar-refractivity contribution >= 4 is 5.78 Å². The third kappa shape index (κ3) is 2.36. The molecule has 0 saturated heterocycles. The number of Topliss-reactive ketones (excluding diaryl/α,β-unsaturated/α-hetero) is 1. The molecule has 1 unspecified atom stereocenters. The molecule has 0 fully saturated rings. The van der Waals surface area contributed by atoms with Crippen LogP contribution in [0.15, 0.2) is 6.07 Å². The van der Waals surface area contributed by atoms with E-state index in [1.165, 1.54) is 21.1 Å². The van der Waals surface area contributed by atoms with Crippen molar-refractivity contribution in [2.45, 2.75) is 13.0 Å². The molecule has 4 nitrogen and oxygen atoms in total. The van der Waals surface area contributed by atoms with E-state index in [0.29, 0.717) is 6.07 Å². The minimum absolute atomic E-state index is 0.285. The van der Waals surface area contributed by atoms with Gasteiger partial charge in [0.25, 0.3) is 0 Å². The second kappa shape index (κ2) is 5.09. The number of halogens is 2. The van der Waals surface area contributed by atoms with Crippen molar-refractivity contribution in [3.63, 3.8) is 0 Å². The molecular weight excluding hydrogens is 232 g/mol. The lowest BCUT2D eigenvalue weighted by molar-refractivity contribution is 0.0959. The molecule has 0 radical (unpaired) electrons. The van der Waals surface area contributed by atoms with Crippen LogP contribution < -0.4 is 15.2 Å². The molecule has 0 amide bonds. The molecule has 1 aromatic carbocycles. The molecule has 0 aliphatic heterocycles. The van der Waals surface area contributed by atoms with Crippen LogP contribution in [0.2, 0.25) is 0 Å². The summed E-state index contributed by atoms with van der Waals surface area (Å²) >= 11 is 0. The number of methoxy groups -OCH3 is 2. The van der Waals surface area contributed by atoms with Crippen LogP contribution in [0, 0.1) is 11.6 Å². The fourth-order valence-corrected chi connectivity index (χ4v) is 1.42. The molecule has 17 heavy (non-hydrogen) atoms. The summed E-state index contributed by atoms with van der Waals surface area (Å²) in [5, 5.41) is 0. The van der Waals surface area contributed by atoms with E-state index in [2.05, 4.69) is 0 Å². The topological polar surface area (TPSA) is 61.5 Å². The molecule has 1 atom stereocenters. The number of hydrogen-bond donors (Lipinski definition) is 1. The summed E-state index contributed by atoms with van der Waals surface area (Å²) in [6.45, 7) is 1.40. The predicted octanol–water partition coefficient (Wildman–Crippen LogP) is 1.51. The van der Waals surface area contributed by atoms with Crippen molar-refractivity contribution in [1.82, 2.24) is 0 Å². The predicted molar refractivity (Wildman–Crippen MR) is 57.4 cm³/mol. The molecule has 0 aliphatic carbocycles. The number of carbonyl (C=O) groups excluding carboxylic acids is 1. The Hall–Kier alpha value is -1.69. The number of benzene rings is 1. The second-order valence-corrected chi connectivity index (χ2v) is 3.43. The second-order valence-electron chi connectivity index (χ2n) is 3.43. The van der Waals surface area contributed by atoms with E-state index in [1.54, 1.807) is 0 Å². The largest absolute Gasteiger partial charge is 0.492 e.